The second-order valence-corrected chi connectivity index (χ2v) is 6.26. The lowest BCUT2D eigenvalue weighted by Crippen LogP contribution is -2.39. The zero-order valence-corrected chi connectivity index (χ0v) is 13.5. The molecule has 1 unspecified atom stereocenters. The van der Waals surface area contributed by atoms with Crippen LogP contribution in [0.5, 0.6) is 0 Å². The minimum atomic E-state index is 0.0898. The van der Waals surface area contributed by atoms with Crippen molar-refractivity contribution in [3.63, 3.8) is 0 Å². The number of nitrogens with zero attached hydrogens (tertiary/aromatic N) is 3. The summed E-state index contributed by atoms with van der Waals surface area (Å²) in [4.78, 5) is 6.93. The smallest absolute Gasteiger partial charge is 0.206 e. The number of morpholine rings is 1. The Bertz CT molecular complexity index is 593. The summed E-state index contributed by atoms with van der Waals surface area (Å²) < 4.78 is 16.0. The zero-order chi connectivity index (χ0) is 14.8. The van der Waals surface area contributed by atoms with Gasteiger partial charge in [-0.2, -0.15) is 4.37 Å². The molecule has 0 amide bonds. The Kier molecular flexibility index (Phi) is 4.26. The fourth-order valence-corrected chi connectivity index (χ4v) is 3.29. The molecule has 1 saturated heterocycles. The average Bonchev–Trinajstić information content (AvgIpc) is 3.16. The van der Waals surface area contributed by atoms with Gasteiger partial charge in [-0.25, -0.2) is 4.98 Å². The topological polar surface area (TPSA) is 51.4 Å². The van der Waals surface area contributed by atoms with Gasteiger partial charge in [-0.3, -0.25) is 0 Å². The van der Waals surface area contributed by atoms with Gasteiger partial charge in [-0.1, -0.05) is 20.8 Å². The van der Waals surface area contributed by atoms with Crippen LogP contribution in [0.15, 0.2) is 16.5 Å². The second-order valence-electron chi connectivity index (χ2n) is 5.53. The van der Waals surface area contributed by atoms with Gasteiger partial charge in [-0.05, 0) is 12.1 Å². The number of aromatic nitrogens is 2. The lowest BCUT2D eigenvalue weighted by Gasteiger charge is -2.33. The molecule has 1 fully saturated rings. The number of anilines is 1. The maximum absolute atomic E-state index is 5.91. The molecule has 0 spiro atoms. The summed E-state index contributed by atoms with van der Waals surface area (Å²) in [6, 6.07) is 4.18. The third-order valence-corrected chi connectivity index (χ3v) is 4.45. The number of furan rings is 1. The summed E-state index contributed by atoms with van der Waals surface area (Å²) in [7, 11) is 0. The Morgan fingerprint density at radius 1 is 1.43 bits per heavy atom. The summed E-state index contributed by atoms with van der Waals surface area (Å²) in [6.45, 7) is 8.49. The second kappa shape index (κ2) is 6.15. The molecular formula is C15H21N3O2S. The molecule has 2 aromatic rings. The maximum atomic E-state index is 5.91. The van der Waals surface area contributed by atoms with Crippen LogP contribution in [0, 0.1) is 0 Å². The van der Waals surface area contributed by atoms with E-state index in [0.717, 1.165) is 35.4 Å². The van der Waals surface area contributed by atoms with E-state index in [0.29, 0.717) is 19.1 Å². The molecule has 0 saturated carbocycles. The molecule has 1 aliphatic heterocycles. The van der Waals surface area contributed by atoms with Crippen molar-refractivity contribution >= 4 is 16.7 Å². The van der Waals surface area contributed by atoms with Crippen LogP contribution in [-0.2, 0) is 11.2 Å². The van der Waals surface area contributed by atoms with Crippen LogP contribution in [-0.4, -0.2) is 29.1 Å². The van der Waals surface area contributed by atoms with Gasteiger partial charge in [0.15, 0.2) is 0 Å². The zero-order valence-electron chi connectivity index (χ0n) is 12.7. The fourth-order valence-electron chi connectivity index (χ4n) is 2.41. The Morgan fingerprint density at radius 3 is 2.95 bits per heavy atom. The van der Waals surface area contributed by atoms with Crippen molar-refractivity contribution in [2.75, 3.05) is 24.7 Å². The molecule has 6 heteroatoms. The van der Waals surface area contributed by atoms with Crippen LogP contribution in [0.3, 0.4) is 0 Å². The standard InChI is InChI=1S/C15H21N3O2S/c1-4-11-5-6-13(20-11)12-9-19-8-7-18(12)15-16-14(10(2)3)17-21-15/h5-6,10,12H,4,7-9H2,1-3H3. The van der Waals surface area contributed by atoms with Crippen molar-refractivity contribution in [2.24, 2.45) is 0 Å². The van der Waals surface area contributed by atoms with Crippen molar-refractivity contribution in [1.82, 2.24) is 9.36 Å². The number of ether oxygens (including phenoxy) is 1. The van der Waals surface area contributed by atoms with E-state index in [-0.39, 0.29) is 6.04 Å². The van der Waals surface area contributed by atoms with Crippen LogP contribution in [0.4, 0.5) is 5.13 Å². The lowest BCUT2D eigenvalue weighted by atomic mass is 10.2. The molecule has 1 atom stereocenters. The highest BCUT2D eigenvalue weighted by molar-refractivity contribution is 7.09. The van der Waals surface area contributed by atoms with Crippen molar-refractivity contribution in [3.05, 3.63) is 29.5 Å². The summed E-state index contributed by atoms with van der Waals surface area (Å²) in [6.07, 6.45) is 0.907. The molecule has 5 nitrogen and oxygen atoms in total. The van der Waals surface area contributed by atoms with Crippen LogP contribution in [0.2, 0.25) is 0 Å². The lowest BCUT2D eigenvalue weighted by molar-refractivity contribution is 0.0873. The van der Waals surface area contributed by atoms with Crippen molar-refractivity contribution in [3.8, 4) is 0 Å². The molecule has 0 bridgehead atoms. The van der Waals surface area contributed by atoms with Crippen molar-refractivity contribution in [1.29, 1.82) is 0 Å². The molecule has 3 heterocycles. The molecule has 0 N–H and O–H groups in total. The molecule has 0 aromatic carbocycles. The van der Waals surface area contributed by atoms with Crippen LogP contribution >= 0.6 is 11.5 Å². The van der Waals surface area contributed by atoms with E-state index < -0.39 is 0 Å². The summed E-state index contributed by atoms with van der Waals surface area (Å²) in [5.41, 5.74) is 0. The number of rotatable bonds is 4. The Morgan fingerprint density at radius 2 is 2.29 bits per heavy atom. The van der Waals surface area contributed by atoms with E-state index in [2.05, 4.69) is 41.1 Å². The highest BCUT2D eigenvalue weighted by atomic mass is 32.1. The van der Waals surface area contributed by atoms with E-state index >= 15 is 0 Å². The molecule has 1 aliphatic rings. The number of aryl methyl sites for hydroxylation is 1. The summed E-state index contributed by atoms with van der Waals surface area (Å²) >= 11 is 1.46. The minimum Gasteiger partial charge on any atom is -0.464 e. The SMILES string of the molecule is CCc1ccc(C2COCCN2c2nc(C(C)C)ns2)o1. The first-order valence-electron chi connectivity index (χ1n) is 7.45. The molecule has 0 radical (unpaired) electrons. The Balaban J connectivity index is 1.86. The molecule has 2 aromatic heterocycles. The van der Waals surface area contributed by atoms with Gasteiger partial charge < -0.3 is 14.1 Å². The van der Waals surface area contributed by atoms with Crippen molar-refractivity contribution < 1.29 is 9.15 Å². The largest absolute Gasteiger partial charge is 0.464 e. The Labute approximate surface area is 129 Å². The first-order chi connectivity index (χ1) is 10.2. The van der Waals surface area contributed by atoms with Gasteiger partial charge in [0.1, 0.15) is 23.4 Å². The average molecular weight is 307 g/mol. The summed E-state index contributed by atoms with van der Waals surface area (Å²) in [5.74, 6) is 3.22. The monoisotopic (exact) mass is 307 g/mol. The predicted octanol–water partition coefficient (Wildman–Crippen LogP) is 3.39. The van der Waals surface area contributed by atoms with Gasteiger partial charge in [0.05, 0.1) is 13.2 Å². The normalized spacial score (nSPS) is 19.4. The van der Waals surface area contributed by atoms with E-state index in [1.807, 2.05) is 6.07 Å². The highest BCUT2D eigenvalue weighted by Crippen LogP contribution is 2.32. The Hall–Kier alpha value is -1.40. The third-order valence-electron chi connectivity index (χ3n) is 3.68. The van der Waals surface area contributed by atoms with Crippen LogP contribution in [0.25, 0.3) is 0 Å². The van der Waals surface area contributed by atoms with Gasteiger partial charge >= 0.3 is 0 Å². The van der Waals surface area contributed by atoms with Crippen LogP contribution < -0.4 is 4.90 Å². The first kappa shape index (κ1) is 14.5. The molecular weight excluding hydrogens is 286 g/mol. The quantitative estimate of drug-likeness (QED) is 0.866. The molecule has 21 heavy (non-hydrogen) atoms. The van der Waals surface area contributed by atoms with E-state index in [9.17, 15) is 0 Å². The number of hydrogen-bond acceptors (Lipinski definition) is 6. The van der Waals surface area contributed by atoms with Gasteiger partial charge in [0.25, 0.3) is 0 Å². The molecule has 114 valence electrons. The number of hydrogen-bond donors (Lipinski definition) is 0. The van der Waals surface area contributed by atoms with Gasteiger partial charge in [0.2, 0.25) is 5.13 Å². The third kappa shape index (κ3) is 2.96. The predicted molar refractivity (Wildman–Crippen MR) is 83.0 cm³/mol. The molecule has 3 rings (SSSR count). The van der Waals surface area contributed by atoms with E-state index in [4.69, 9.17) is 9.15 Å². The van der Waals surface area contributed by atoms with E-state index in [1.54, 1.807) is 0 Å². The maximum Gasteiger partial charge on any atom is 0.206 e. The van der Waals surface area contributed by atoms with Gasteiger partial charge in [0, 0.05) is 30.4 Å². The fraction of sp³-hybridized carbons (Fsp3) is 0.600. The summed E-state index contributed by atoms with van der Waals surface area (Å²) in [5, 5.41) is 0.960. The first-order valence-corrected chi connectivity index (χ1v) is 8.23. The minimum absolute atomic E-state index is 0.0898. The van der Waals surface area contributed by atoms with Crippen LogP contribution in [0.1, 0.15) is 50.1 Å². The van der Waals surface area contributed by atoms with Gasteiger partial charge in [-0.15, -0.1) is 0 Å². The highest BCUT2D eigenvalue weighted by Gasteiger charge is 2.30. The van der Waals surface area contributed by atoms with Crippen molar-refractivity contribution in [2.45, 2.75) is 39.2 Å². The van der Waals surface area contributed by atoms with E-state index in [1.165, 1.54) is 11.5 Å². The molecule has 0 aliphatic carbocycles.